The smallest absolute Gasteiger partial charge is 0.255 e. The van der Waals surface area contributed by atoms with Crippen LogP contribution in [-0.4, -0.2) is 47.8 Å². The number of carbonyl (C=O) groups excluding carboxylic acids is 3. The first-order chi connectivity index (χ1) is 14.1. The number of fused-ring (bicyclic) bond motifs is 5. The first kappa shape index (κ1) is 18.8. The highest BCUT2D eigenvalue weighted by Gasteiger charge is 2.40. The molecule has 0 spiro atoms. The summed E-state index contributed by atoms with van der Waals surface area (Å²) in [6, 6.07) is 5.83. The van der Waals surface area contributed by atoms with Gasteiger partial charge < -0.3 is 15.5 Å². The van der Waals surface area contributed by atoms with Gasteiger partial charge in [-0.2, -0.15) is 0 Å². The molecular formula is C22H28N4O3. The lowest BCUT2D eigenvalue weighted by Crippen LogP contribution is -2.52. The van der Waals surface area contributed by atoms with Crippen LogP contribution in [-0.2, 0) is 22.7 Å². The fourth-order valence-electron chi connectivity index (χ4n) is 5.53. The molecule has 7 nitrogen and oxygen atoms in total. The third kappa shape index (κ3) is 3.46. The number of imide groups is 1. The summed E-state index contributed by atoms with van der Waals surface area (Å²) in [5, 5.41) is 9.72. The van der Waals surface area contributed by atoms with Crippen molar-refractivity contribution in [3.8, 4) is 0 Å². The van der Waals surface area contributed by atoms with Gasteiger partial charge in [0, 0.05) is 31.1 Å². The van der Waals surface area contributed by atoms with Gasteiger partial charge in [-0.3, -0.25) is 19.7 Å². The van der Waals surface area contributed by atoms with Crippen LogP contribution < -0.4 is 16.0 Å². The standard InChI is InChI=1S/C22H28N4O3/c27-20-7-6-19(21(28)25-20)26-12-17-14(2-1-3-16(17)22(26)29)11-24-18-8-13-4-5-15(18)10-23-9-13/h1-3,13,15,18-19,23-24H,4-12H2,(H,25,27,28)/t13-,15-,18-,19?/m1/s1. The maximum absolute atomic E-state index is 13.0. The second-order valence-electron chi connectivity index (χ2n) is 8.93. The van der Waals surface area contributed by atoms with E-state index in [1.165, 1.54) is 19.3 Å². The lowest BCUT2D eigenvalue weighted by atomic mass is 9.80. The number of nitrogens with one attached hydrogen (secondary N) is 3. The van der Waals surface area contributed by atoms with Crippen molar-refractivity contribution in [1.82, 2.24) is 20.9 Å². The number of benzene rings is 1. The van der Waals surface area contributed by atoms with E-state index in [1.54, 1.807) is 4.90 Å². The molecule has 5 aliphatic rings. The van der Waals surface area contributed by atoms with Crippen LogP contribution in [0.15, 0.2) is 18.2 Å². The van der Waals surface area contributed by atoms with Gasteiger partial charge in [0.15, 0.2) is 0 Å². The zero-order valence-corrected chi connectivity index (χ0v) is 16.6. The molecule has 3 saturated heterocycles. The number of hydrogen-bond acceptors (Lipinski definition) is 5. The zero-order valence-electron chi connectivity index (χ0n) is 16.6. The first-order valence-corrected chi connectivity index (χ1v) is 10.8. The minimum absolute atomic E-state index is 0.103. The van der Waals surface area contributed by atoms with Crippen molar-refractivity contribution in [3.63, 3.8) is 0 Å². The quantitative estimate of drug-likeness (QED) is 0.659. The Kier molecular flexibility index (Phi) is 4.87. The van der Waals surface area contributed by atoms with Crippen LogP contribution in [0.3, 0.4) is 0 Å². The predicted molar refractivity (Wildman–Crippen MR) is 107 cm³/mol. The van der Waals surface area contributed by atoms with Crippen LogP contribution in [0.2, 0.25) is 0 Å². The maximum Gasteiger partial charge on any atom is 0.255 e. The molecule has 1 aromatic rings. The summed E-state index contributed by atoms with van der Waals surface area (Å²) < 4.78 is 0. The Bertz CT molecular complexity index is 850. The number of rotatable bonds is 4. The normalized spacial score (nSPS) is 31.6. The van der Waals surface area contributed by atoms with Crippen LogP contribution in [0.25, 0.3) is 0 Å². The van der Waals surface area contributed by atoms with Gasteiger partial charge in [0.05, 0.1) is 0 Å². The van der Waals surface area contributed by atoms with Crippen molar-refractivity contribution >= 4 is 17.7 Å². The topological polar surface area (TPSA) is 90.5 Å². The van der Waals surface area contributed by atoms with E-state index >= 15 is 0 Å². The van der Waals surface area contributed by atoms with Crippen LogP contribution in [0.4, 0.5) is 0 Å². The Morgan fingerprint density at radius 1 is 1.10 bits per heavy atom. The largest absolute Gasteiger partial charge is 0.322 e. The Morgan fingerprint density at radius 3 is 2.86 bits per heavy atom. The summed E-state index contributed by atoms with van der Waals surface area (Å²) in [7, 11) is 0. The SMILES string of the molecule is O=C1CCC(N2Cc3c(CN[C@@H]4C[C@H]5CC[C@@H]4CNC5)cccc3C2=O)C(=O)N1. The fourth-order valence-corrected chi connectivity index (χ4v) is 5.53. The third-order valence-electron chi connectivity index (χ3n) is 7.18. The van der Waals surface area contributed by atoms with Crippen molar-refractivity contribution in [3.05, 3.63) is 34.9 Å². The molecule has 154 valence electrons. The average molecular weight is 396 g/mol. The summed E-state index contributed by atoms with van der Waals surface area (Å²) in [5.74, 6) is 0.718. The molecule has 1 saturated carbocycles. The van der Waals surface area contributed by atoms with E-state index in [9.17, 15) is 14.4 Å². The summed E-state index contributed by atoms with van der Waals surface area (Å²) in [6.07, 6.45) is 4.50. The first-order valence-electron chi connectivity index (χ1n) is 10.8. The molecule has 1 unspecified atom stereocenters. The van der Waals surface area contributed by atoms with E-state index in [0.717, 1.165) is 36.7 Å². The van der Waals surface area contributed by atoms with Gasteiger partial charge in [0.2, 0.25) is 11.8 Å². The molecule has 3 amide bonds. The van der Waals surface area contributed by atoms with E-state index < -0.39 is 6.04 Å². The Morgan fingerprint density at radius 2 is 2.00 bits per heavy atom. The van der Waals surface area contributed by atoms with Gasteiger partial charge in [-0.15, -0.1) is 0 Å². The highest BCUT2D eigenvalue weighted by molar-refractivity contribution is 6.05. The predicted octanol–water partition coefficient (Wildman–Crippen LogP) is 0.925. The summed E-state index contributed by atoms with van der Waals surface area (Å²) in [5.41, 5.74) is 2.85. The average Bonchev–Trinajstić information content (AvgIpc) is 2.88. The van der Waals surface area contributed by atoms with Crippen molar-refractivity contribution in [2.45, 2.75) is 57.3 Å². The fraction of sp³-hybridized carbons (Fsp3) is 0.591. The lowest BCUT2D eigenvalue weighted by molar-refractivity contribution is -0.136. The van der Waals surface area contributed by atoms with Crippen molar-refractivity contribution < 1.29 is 14.4 Å². The van der Waals surface area contributed by atoms with Crippen LogP contribution in [0.1, 0.15) is 53.6 Å². The van der Waals surface area contributed by atoms with E-state index in [1.807, 2.05) is 12.1 Å². The molecule has 0 aromatic heterocycles. The van der Waals surface area contributed by atoms with E-state index in [-0.39, 0.29) is 24.1 Å². The molecule has 7 heteroatoms. The zero-order chi connectivity index (χ0) is 20.0. The Labute approximate surface area is 170 Å². The van der Waals surface area contributed by atoms with Crippen molar-refractivity contribution in [2.75, 3.05) is 13.1 Å². The van der Waals surface area contributed by atoms with Gasteiger partial charge in [-0.25, -0.2) is 0 Å². The third-order valence-corrected chi connectivity index (χ3v) is 7.18. The van der Waals surface area contributed by atoms with Crippen LogP contribution >= 0.6 is 0 Å². The lowest BCUT2D eigenvalue weighted by Gasteiger charge is -2.33. The minimum Gasteiger partial charge on any atom is -0.322 e. The van der Waals surface area contributed by atoms with Crippen molar-refractivity contribution in [1.29, 1.82) is 0 Å². The molecule has 3 N–H and O–H groups in total. The minimum atomic E-state index is -0.558. The van der Waals surface area contributed by atoms with E-state index in [4.69, 9.17) is 0 Å². The molecule has 4 aliphatic heterocycles. The molecule has 4 atom stereocenters. The summed E-state index contributed by atoms with van der Waals surface area (Å²) >= 11 is 0. The monoisotopic (exact) mass is 396 g/mol. The van der Waals surface area contributed by atoms with E-state index in [0.29, 0.717) is 30.5 Å². The molecule has 6 rings (SSSR count). The number of nitrogens with zero attached hydrogens (tertiary/aromatic N) is 1. The van der Waals surface area contributed by atoms with Crippen LogP contribution in [0.5, 0.6) is 0 Å². The van der Waals surface area contributed by atoms with Crippen molar-refractivity contribution in [2.24, 2.45) is 11.8 Å². The number of piperidine rings is 1. The second-order valence-corrected chi connectivity index (χ2v) is 8.93. The summed E-state index contributed by atoms with van der Waals surface area (Å²) in [6.45, 7) is 3.40. The number of carbonyl (C=O) groups is 3. The van der Waals surface area contributed by atoms with Gasteiger partial charge in [-0.1, -0.05) is 12.1 Å². The second kappa shape index (κ2) is 7.54. The molecule has 2 bridgehead atoms. The molecule has 0 radical (unpaired) electrons. The van der Waals surface area contributed by atoms with Gasteiger partial charge in [-0.05, 0) is 67.8 Å². The Balaban J connectivity index is 1.31. The molecule has 1 aliphatic carbocycles. The molecule has 4 fully saturated rings. The van der Waals surface area contributed by atoms with Crippen LogP contribution in [0, 0.1) is 11.8 Å². The highest BCUT2D eigenvalue weighted by Crippen LogP contribution is 2.33. The number of amides is 3. The number of hydrogen-bond donors (Lipinski definition) is 3. The van der Waals surface area contributed by atoms with Gasteiger partial charge >= 0.3 is 0 Å². The molecule has 4 heterocycles. The molecule has 29 heavy (non-hydrogen) atoms. The van der Waals surface area contributed by atoms with Gasteiger partial charge in [0.1, 0.15) is 6.04 Å². The maximum atomic E-state index is 13.0. The molecule has 1 aromatic carbocycles. The van der Waals surface area contributed by atoms with E-state index in [2.05, 4.69) is 22.0 Å². The summed E-state index contributed by atoms with van der Waals surface area (Å²) in [4.78, 5) is 38.3. The highest BCUT2D eigenvalue weighted by atomic mass is 16.2. The van der Waals surface area contributed by atoms with Gasteiger partial charge in [0.25, 0.3) is 5.91 Å². The molecular weight excluding hydrogens is 368 g/mol. The Hall–Kier alpha value is -2.25.